The molecule has 82 valence electrons. The van der Waals surface area contributed by atoms with Gasteiger partial charge in [0.25, 0.3) is 5.16 Å². The topological polar surface area (TPSA) is 109 Å². The van der Waals surface area contributed by atoms with Gasteiger partial charge in [0.2, 0.25) is 4.60 Å². The van der Waals surface area contributed by atoms with Gasteiger partial charge in [-0.2, -0.15) is 4.98 Å². The summed E-state index contributed by atoms with van der Waals surface area (Å²) in [7, 11) is 0. The lowest BCUT2D eigenvalue weighted by molar-refractivity contribution is -0.390. The fraction of sp³-hybridized carbons (Fsp3) is 0.333. The maximum absolute atomic E-state index is 10.4. The zero-order valence-electron chi connectivity index (χ0n) is 7.27. The molecular formula is C6H6BrN3O4S. The molecule has 0 aliphatic rings. The van der Waals surface area contributed by atoms with E-state index in [0.717, 1.165) is 11.8 Å². The summed E-state index contributed by atoms with van der Waals surface area (Å²) in [6.45, 7) is 0. The molecule has 2 N–H and O–H groups in total. The molecule has 0 bridgehead atoms. The van der Waals surface area contributed by atoms with Crippen LogP contribution in [0.25, 0.3) is 0 Å². The van der Waals surface area contributed by atoms with Crippen molar-refractivity contribution < 1.29 is 14.8 Å². The summed E-state index contributed by atoms with van der Waals surface area (Å²) >= 11 is 4.04. The molecule has 0 fully saturated rings. The van der Waals surface area contributed by atoms with E-state index in [4.69, 9.17) is 5.11 Å². The Morgan fingerprint density at radius 3 is 2.87 bits per heavy atom. The molecule has 0 saturated heterocycles. The average molecular weight is 296 g/mol. The largest absolute Gasteiger partial charge is 0.481 e. The number of aromatic nitrogens is 2. The van der Waals surface area contributed by atoms with Crippen LogP contribution in [-0.2, 0) is 4.79 Å². The molecule has 0 spiro atoms. The van der Waals surface area contributed by atoms with E-state index in [9.17, 15) is 14.9 Å². The summed E-state index contributed by atoms with van der Waals surface area (Å²) in [6.07, 6.45) is -0.0171. The fourth-order valence-electron chi connectivity index (χ4n) is 0.747. The van der Waals surface area contributed by atoms with Crippen molar-refractivity contribution in [2.45, 2.75) is 11.6 Å². The van der Waals surface area contributed by atoms with Gasteiger partial charge in [0.15, 0.2) is 0 Å². The zero-order valence-corrected chi connectivity index (χ0v) is 9.67. The minimum Gasteiger partial charge on any atom is -0.481 e. The number of nitro groups is 1. The average Bonchev–Trinajstić information content (AvgIpc) is 2.46. The van der Waals surface area contributed by atoms with Crippen LogP contribution >= 0.6 is 27.7 Å². The molecule has 0 aromatic carbocycles. The van der Waals surface area contributed by atoms with Gasteiger partial charge in [-0.3, -0.25) is 4.79 Å². The third-order valence-corrected chi connectivity index (χ3v) is 2.79. The maximum Gasteiger partial charge on any atom is 0.356 e. The first-order chi connectivity index (χ1) is 7.00. The van der Waals surface area contributed by atoms with Crippen LogP contribution in [0.15, 0.2) is 9.76 Å². The van der Waals surface area contributed by atoms with Crippen molar-refractivity contribution in [2.24, 2.45) is 0 Å². The summed E-state index contributed by atoms with van der Waals surface area (Å²) in [6, 6.07) is 0. The molecule has 0 amide bonds. The quantitative estimate of drug-likeness (QED) is 0.485. The summed E-state index contributed by atoms with van der Waals surface area (Å²) in [4.78, 5) is 26.3. The van der Waals surface area contributed by atoms with Crippen molar-refractivity contribution in [3.63, 3.8) is 0 Å². The van der Waals surface area contributed by atoms with Crippen LogP contribution in [0.3, 0.4) is 0 Å². The van der Waals surface area contributed by atoms with Crippen LogP contribution in [0.5, 0.6) is 0 Å². The number of nitrogens with one attached hydrogen (secondary N) is 1. The van der Waals surface area contributed by atoms with Crippen LogP contribution in [0.4, 0.5) is 5.82 Å². The van der Waals surface area contributed by atoms with Crippen molar-refractivity contribution in [1.29, 1.82) is 0 Å². The predicted octanol–water partition coefficient (Wildman–Crippen LogP) is 1.65. The van der Waals surface area contributed by atoms with Gasteiger partial charge in [-0.1, -0.05) is 11.8 Å². The number of carbonyl (C=O) groups is 1. The second kappa shape index (κ2) is 5.12. The molecule has 0 aliphatic heterocycles. The highest BCUT2D eigenvalue weighted by atomic mass is 79.9. The smallest absolute Gasteiger partial charge is 0.356 e. The summed E-state index contributed by atoms with van der Waals surface area (Å²) in [5.41, 5.74) is 0. The molecule has 0 radical (unpaired) electrons. The van der Waals surface area contributed by atoms with Crippen molar-refractivity contribution in [3.05, 3.63) is 14.7 Å². The minimum absolute atomic E-state index is 0.0171. The first-order valence-electron chi connectivity index (χ1n) is 3.75. The van der Waals surface area contributed by atoms with Gasteiger partial charge in [-0.25, -0.2) is 4.98 Å². The molecule has 15 heavy (non-hydrogen) atoms. The third kappa shape index (κ3) is 3.51. The van der Waals surface area contributed by atoms with E-state index in [2.05, 4.69) is 25.9 Å². The van der Waals surface area contributed by atoms with Crippen molar-refractivity contribution in [3.8, 4) is 0 Å². The van der Waals surface area contributed by atoms with E-state index in [1.165, 1.54) is 0 Å². The van der Waals surface area contributed by atoms with Gasteiger partial charge in [0, 0.05) is 5.75 Å². The van der Waals surface area contributed by atoms with Crippen molar-refractivity contribution >= 4 is 39.5 Å². The standard InChI is InChI=1S/C6H6BrN3O4S/c7-4-5(10(13)14)9-6(8-4)15-2-1-3(11)12/h1-2H2,(H,8,9)(H,11,12). The number of H-pyrrole nitrogens is 1. The second-order valence-corrected chi connectivity index (χ2v) is 4.27. The van der Waals surface area contributed by atoms with Crippen molar-refractivity contribution in [2.75, 3.05) is 5.75 Å². The minimum atomic E-state index is -0.914. The fourth-order valence-corrected chi connectivity index (χ4v) is 2.08. The number of imidazole rings is 1. The van der Waals surface area contributed by atoms with Crippen LogP contribution in [-0.4, -0.2) is 31.7 Å². The normalized spacial score (nSPS) is 10.2. The van der Waals surface area contributed by atoms with Crippen LogP contribution in [0.1, 0.15) is 6.42 Å². The van der Waals surface area contributed by atoms with E-state index < -0.39 is 10.9 Å². The molecule has 7 nitrogen and oxygen atoms in total. The number of aliphatic carboxylic acids is 1. The van der Waals surface area contributed by atoms with Gasteiger partial charge in [-0.15, -0.1) is 0 Å². The van der Waals surface area contributed by atoms with Crippen LogP contribution < -0.4 is 0 Å². The summed E-state index contributed by atoms with van der Waals surface area (Å²) in [5, 5.41) is 19.1. The van der Waals surface area contributed by atoms with Gasteiger partial charge in [0.1, 0.15) is 0 Å². The van der Waals surface area contributed by atoms with E-state index in [0.29, 0.717) is 10.9 Å². The molecule has 1 aromatic heterocycles. The number of hydrogen-bond acceptors (Lipinski definition) is 5. The molecule has 0 atom stereocenters. The molecule has 0 saturated carbocycles. The Hall–Kier alpha value is -1.09. The van der Waals surface area contributed by atoms with E-state index >= 15 is 0 Å². The van der Waals surface area contributed by atoms with Crippen LogP contribution in [0, 0.1) is 10.1 Å². The number of nitrogens with zero attached hydrogens (tertiary/aromatic N) is 2. The Kier molecular flexibility index (Phi) is 4.09. The predicted molar refractivity (Wildman–Crippen MR) is 55.9 cm³/mol. The third-order valence-electron chi connectivity index (χ3n) is 1.36. The van der Waals surface area contributed by atoms with Gasteiger partial charge < -0.3 is 15.2 Å². The maximum atomic E-state index is 10.4. The molecule has 0 aliphatic carbocycles. The number of aromatic amines is 1. The summed E-state index contributed by atoms with van der Waals surface area (Å²) in [5.74, 6) is -0.831. The Morgan fingerprint density at radius 2 is 2.40 bits per heavy atom. The molecule has 1 rings (SSSR count). The number of hydrogen-bond donors (Lipinski definition) is 2. The lowest BCUT2D eigenvalue weighted by Crippen LogP contribution is -1.96. The number of halogens is 1. The lowest BCUT2D eigenvalue weighted by Gasteiger charge is -1.90. The van der Waals surface area contributed by atoms with Crippen LogP contribution in [0.2, 0.25) is 0 Å². The lowest BCUT2D eigenvalue weighted by atomic mass is 10.5. The first kappa shape index (κ1) is 12.0. The molecular weight excluding hydrogens is 290 g/mol. The molecule has 0 unspecified atom stereocenters. The number of carboxylic acid groups (broad SMARTS) is 1. The first-order valence-corrected chi connectivity index (χ1v) is 5.53. The molecule has 9 heteroatoms. The summed E-state index contributed by atoms with van der Waals surface area (Å²) < 4.78 is 0.116. The van der Waals surface area contributed by atoms with E-state index in [1.54, 1.807) is 0 Å². The number of carboxylic acids is 1. The van der Waals surface area contributed by atoms with Gasteiger partial charge in [0.05, 0.1) is 6.42 Å². The van der Waals surface area contributed by atoms with Gasteiger partial charge >= 0.3 is 11.8 Å². The zero-order chi connectivity index (χ0) is 11.4. The number of thioether (sulfide) groups is 1. The SMILES string of the molecule is O=C(O)CCSc1nc(Br)c([N+](=O)[O-])[nH]1. The highest BCUT2D eigenvalue weighted by Crippen LogP contribution is 2.26. The van der Waals surface area contributed by atoms with E-state index in [-0.39, 0.29) is 16.8 Å². The van der Waals surface area contributed by atoms with Gasteiger partial charge in [-0.05, 0) is 20.9 Å². The Bertz CT molecular complexity index is 394. The monoisotopic (exact) mass is 295 g/mol. The molecule has 1 heterocycles. The molecule has 1 aromatic rings. The van der Waals surface area contributed by atoms with E-state index in [1.807, 2.05) is 0 Å². The highest BCUT2D eigenvalue weighted by Gasteiger charge is 2.17. The Balaban J connectivity index is 2.59. The second-order valence-electron chi connectivity index (χ2n) is 2.43. The highest BCUT2D eigenvalue weighted by molar-refractivity contribution is 9.10. The Morgan fingerprint density at radius 1 is 1.73 bits per heavy atom. The van der Waals surface area contributed by atoms with Crippen molar-refractivity contribution in [1.82, 2.24) is 9.97 Å². The number of rotatable bonds is 5. The Labute approximate surface area is 96.6 Å².